The van der Waals surface area contributed by atoms with Gasteiger partial charge in [-0.1, -0.05) is 18.2 Å². The van der Waals surface area contributed by atoms with E-state index >= 15 is 0 Å². The standard InChI is InChI=1S/C17H19N5O/c23-15-4-1-3-14(11-15)12-20-7-9-21(10-8-20)17-6-2-5-16-19-18-13-22(16)17/h1-6,11,13,23H,7-10,12H2. The first-order chi connectivity index (χ1) is 11.3. The Kier molecular flexibility index (Phi) is 3.59. The maximum atomic E-state index is 9.57. The average molecular weight is 309 g/mol. The number of anilines is 1. The molecule has 3 heterocycles. The summed E-state index contributed by atoms with van der Waals surface area (Å²) in [5, 5.41) is 17.7. The lowest BCUT2D eigenvalue weighted by molar-refractivity contribution is 0.249. The van der Waals surface area contributed by atoms with Crippen molar-refractivity contribution in [3.63, 3.8) is 0 Å². The van der Waals surface area contributed by atoms with E-state index in [0.29, 0.717) is 5.75 Å². The Balaban J connectivity index is 1.44. The summed E-state index contributed by atoms with van der Waals surface area (Å²) in [4.78, 5) is 4.78. The number of aromatic hydroxyl groups is 1. The van der Waals surface area contributed by atoms with Crippen LogP contribution in [0.25, 0.3) is 5.65 Å². The predicted molar refractivity (Wildman–Crippen MR) is 88.6 cm³/mol. The zero-order valence-corrected chi connectivity index (χ0v) is 12.8. The van der Waals surface area contributed by atoms with Gasteiger partial charge in [-0.05, 0) is 29.8 Å². The maximum absolute atomic E-state index is 9.57. The fourth-order valence-corrected chi connectivity index (χ4v) is 3.14. The lowest BCUT2D eigenvalue weighted by Gasteiger charge is -2.36. The Morgan fingerprint density at radius 3 is 2.65 bits per heavy atom. The van der Waals surface area contributed by atoms with Gasteiger partial charge in [-0.25, -0.2) is 0 Å². The van der Waals surface area contributed by atoms with Crippen LogP contribution in [0, 0.1) is 0 Å². The summed E-state index contributed by atoms with van der Waals surface area (Å²) in [6.07, 6.45) is 1.77. The molecule has 1 N–H and O–H groups in total. The molecule has 4 rings (SSSR count). The summed E-state index contributed by atoms with van der Waals surface area (Å²) >= 11 is 0. The minimum Gasteiger partial charge on any atom is -0.508 e. The maximum Gasteiger partial charge on any atom is 0.162 e. The van der Waals surface area contributed by atoms with E-state index in [1.165, 1.54) is 0 Å². The fourth-order valence-electron chi connectivity index (χ4n) is 3.14. The third kappa shape index (κ3) is 2.85. The Hall–Kier alpha value is -2.60. The van der Waals surface area contributed by atoms with Gasteiger partial charge in [-0.15, -0.1) is 10.2 Å². The monoisotopic (exact) mass is 309 g/mol. The van der Waals surface area contributed by atoms with E-state index in [1.54, 1.807) is 12.4 Å². The van der Waals surface area contributed by atoms with Crippen LogP contribution in [-0.4, -0.2) is 50.8 Å². The number of hydrogen-bond acceptors (Lipinski definition) is 5. The van der Waals surface area contributed by atoms with E-state index in [4.69, 9.17) is 0 Å². The molecule has 0 saturated carbocycles. The second-order valence-electron chi connectivity index (χ2n) is 5.88. The lowest BCUT2D eigenvalue weighted by Crippen LogP contribution is -2.46. The van der Waals surface area contributed by atoms with Crippen LogP contribution in [0.2, 0.25) is 0 Å². The molecule has 118 valence electrons. The molecule has 0 aliphatic carbocycles. The number of phenolic OH excluding ortho intramolecular Hbond substituents is 1. The highest BCUT2D eigenvalue weighted by molar-refractivity contribution is 5.50. The van der Waals surface area contributed by atoms with Crippen LogP contribution in [0.4, 0.5) is 5.82 Å². The first kappa shape index (κ1) is 14.0. The molecule has 1 aliphatic heterocycles. The SMILES string of the molecule is Oc1cccc(CN2CCN(c3cccc4nncn34)CC2)c1. The van der Waals surface area contributed by atoms with Crippen molar-refractivity contribution in [2.75, 3.05) is 31.1 Å². The molecule has 6 nitrogen and oxygen atoms in total. The minimum atomic E-state index is 0.334. The quantitative estimate of drug-likeness (QED) is 0.799. The zero-order valence-electron chi connectivity index (χ0n) is 12.8. The van der Waals surface area contributed by atoms with E-state index < -0.39 is 0 Å². The molecular weight excluding hydrogens is 290 g/mol. The molecule has 0 unspecified atom stereocenters. The van der Waals surface area contributed by atoms with Crippen LogP contribution in [-0.2, 0) is 6.54 Å². The predicted octanol–water partition coefficient (Wildman–Crippen LogP) is 1.76. The molecule has 0 atom stereocenters. The number of hydrogen-bond donors (Lipinski definition) is 1. The number of fused-ring (bicyclic) bond motifs is 1. The van der Waals surface area contributed by atoms with E-state index in [0.717, 1.165) is 49.8 Å². The Morgan fingerprint density at radius 1 is 1.00 bits per heavy atom. The van der Waals surface area contributed by atoms with Gasteiger partial charge in [0.05, 0.1) is 0 Å². The molecule has 23 heavy (non-hydrogen) atoms. The molecule has 1 fully saturated rings. The number of piperazine rings is 1. The largest absolute Gasteiger partial charge is 0.508 e. The number of benzene rings is 1. The molecular formula is C17H19N5O. The van der Waals surface area contributed by atoms with Crippen molar-refractivity contribution < 1.29 is 5.11 Å². The molecule has 3 aromatic rings. The summed E-state index contributed by atoms with van der Waals surface area (Å²) in [5.41, 5.74) is 2.03. The van der Waals surface area contributed by atoms with Gasteiger partial charge in [0.2, 0.25) is 0 Å². The molecule has 2 aromatic heterocycles. The summed E-state index contributed by atoms with van der Waals surface area (Å²) in [6, 6.07) is 13.6. The Bertz CT molecular complexity index is 807. The number of phenols is 1. The number of nitrogens with zero attached hydrogens (tertiary/aromatic N) is 5. The van der Waals surface area contributed by atoms with Crippen LogP contribution in [0.15, 0.2) is 48.8 Å². The van der Waals surface area contributed by atoms with Crippen molar-refractivity contribution in [2.45, 2.75) is 6.54 Å². The third-order valence-electron chi connectivity index (χ3n) is 4.32. The van der Waals surface area contributed by atoms with Crippen LogP contribution in [0.3, 0.4) is 0 Å². The Morgan fingerprint density at radius 2 is 1.83 bits per heavy atom. The van der Waals surface area contributed by atoms with E-state index in [9.17, 15) is 5.11 Å². The van der Waals surface area contributed by atoms with E-state index in [-0.39, 0.29) is 0 Å². The number of rotatable bonds is 3. The molecule has 0 radical (unpaired) electrons. The van der Waals surface area contributed by atoms with Crippen molar-refractivity contribution >= 4 is 11.5 Å². The summed E-state index contributed by atoms with van der Waals surface area (Å²) in [7, 11) is 0. The van der Waals surface area contributed by atoms with E-state index in [1.807, 2.05) is 28.7 Å². The van der Waals surface area contributed by atoms with Crippen molar-refractivity contribution in [1.29, 1.82) is 0 Å². The van der Waals surface area contributed by atoms with Gasteiger partial charge in [-0.3, -0.25) is 9.30 Å². The Labute approximate surface area is 134 Å². The number of aromatic nitrogens is 3. The van der Waals surface area contributed by atoms with Crippen LogP contribution >= 0.6 is 0 Å². The van der Waals surface area contributed by atoms with Crippen LogP contribution in [0.1, 0.15) is 5.56 Å². The molecule has 1 saturated heterocycles. The number of pyridine rings is 1. The van der Waals surface area contributed by atoms with Gasteiger partial charge >= 0.3 is 0 Å². The van der Waals surface area contributed by atoms with Gasteiger partial charge in [-0.2, -0.15) is 0 Å². The summed E-state index contributed by atoms with van der Waals surface area (Å²) in [5.74, 6) is 1.48. The van der Waals surface area contributed by atoms with Gasteiger partial charge in [0.1, 0.15) is 17.9 Å². The summed E-state index contributed by atoms with van der Waals surface area (Å²) in [6.45, 7) is 4.80. The van der Waals surface area contributed by atoms with Gasteiger partial charge in [0.15, 0.2) is 5.65 Å². The van der Waals surface area contributed by atoms with Crippen molar-refractivity contribution in [1.82, 2.24) is 19.5 Å². The molecule has 6 heteroatoms. The zero-order chi connectivity index (χ0) is 15.6. The van der Waals surface area contributed by atoms with E-state index in [2.05, 4.69) is 32.1 Å². The first-order valence-electron chi connectivity index (χ1n) is 7.83. The van der Waals surface area contributed by atoms with Gasteiger partial charge < -0.3 is 10.0 Å². The molecule has 0 bridgehead atoms. The minimum absolute atomic E-state index is 0.334. The average Bonchev–Trinajstić information content (AvgIpc) is 3.04. The smallest absolute Gasteiger partial charge is 0.162 e. The molecule has 1 aliphatic rings. The highest BCUT2D eigenvalue weighted by Gasteiger charge is 2.19. The second-order valence-corrected chi connectivity index (χ2v) is 5.88. The summed E-state index contributed by atoms with van der Waals surface area (Å²) < 4.78 is 2.03. The highest BCUT2D eigenvalue weighted by Crippen LogP contribution is 2.19. The van der Waals surface area contributed by atoms with Crippen molar-refractivity contribution in [3.05, 3.63) is 54.4 Å². The fraction of sp³-hybridized carbons (Fsp3) is 0.294. The van der Waals surface area contributed by atoms with Crippen LogP contribution < -0.4 is 4.90 Å². The second kappa shape index (κ2) is 5.89. The lowest BCUT2D eigenvalue weighted by atomic mass is 10.2. The molecule has 0 amide bonds. The van der Waals surface area contributed by atoms with Crippen molar-refractivity contribution in [2.24, 2.45) is 0 Å². The third-order valence-corrected chi connectivity index (χ3v) is 4.32. The first-order valence-corrected chi connectivity index (χ1v) is 7.83. The van der Waals surface area contributed by atoms with Crippen molar-refractivity contribution in [3.8, 4) is 5.75 Å². The molecule has 0 spiro atoms. The van der Waals surface area contributed by atoms with Gasteiger partial charge in [0, 0.05) is 32.7 Å². The normalized spacial score (nSPS) is 16.1. The van der Waals surface area contributed by atoms with Gasteiger partial charge in [0.25, 0.3) is 0 Å². The molecule has 1 aromatic carbocycles. The topological polar surface area (TPSA) is 56.9 Å². The van der Waals surface area contributed by atoms with Crippen LogP contribution in [0.5, 0.6) is 5.75 Å². The highest BCUT2D eigenvalue weighted by atomic mass is 16.3.